The first kappa shape index (κ1) is 15.1. The van der Waals surface area contributed by atoms with Crippen LogP contribution in [0, 0.1) is 0 Å². The average molecular weight is 300 g/mol. The molecule has 1 fully saturated rings. The van der Waals surface area contributed by atoms with Crippen LogP contribution >= 0.6 is 0 Å². The summed E-state index contributed by atoms with van der Waals surface area (Å²) in [5.74, 6) is 0.361. The zero-order valence-corrected chi connectivity index (χ0v) is 12.7. The smallest absolute Gasteiger partial charge is 0.243 e. The maximum Gasteiger partial charge on any atom is 0.243 e. The standard InChI is InChI=1S/C13H20N2O4S/c1-9-8-19-10(2)7-15(9)20(16,17)11-4-5-12(14)13(6-11)18-3/h4-6,9-10H,7-8,14H2,1-3H3. The topological polar surface area (TPSA) is 81.9 Å². The van der Waals surface area contributed by atoms with Crippen molar-refractivity contribution in [3.8, 4) is 5.75 Å². The Morgan fingerprint density at radius 1 is 1.40 bits per heavy atom. The molecule has 2 rings (SSSR count). The predicted molar refractivity (Wildman–Crippen MR) is 76.2 cm³/mol. The second-order valence-corrected chi connectivity index (χ2v) is 6.86. The van der Waals surface area contributed by atoms with E-state index in [9.17, 15) is 8.42 Å². The summed E-state index contributed by atoms with van der Waals surface area (Å²) in [6.45, 7) is 4.43. The molecule has 1 aliphatic rings. The Hall–Kier alpha value is -1.31. The molecule has 2 N–H and O–H groups in total. The number of rotatable bonds is 3. The number of anilines is 1. The van der Waals surface area contributed by atoms with Crippen molar-refractivity contribution in [2.24, 2.45) is 0 Å². The normalized spacial score (nSPS) is 24.6. The number of sulfonamides is 1. The van der Waals surface area contributed by atoms with Gasteiger partial charge in [0.1, 0.15) is 5.75 Å². The van der Waals surface area contributed by atoms with Crippen LogP contribution in [0.2, 0.25) is 0 Å². The maximum absolute atomic E-state index is 12.7. The van der Waals surface area contributed by atoms with Gasteiger partial charge in [0.15, 0.2) is 0 Å². The molecule has 1 aromatic rings. The molecule has 0 aliphatic carbocycles. The minimum absolute atomic E-state index is 0.114. The Labute approximate surface area is 119 Å². The molecule has 20 heavy (non-hydrogen) atoms. The summed E-state index contributed by atoms with van der Waals surface area (Å²) in [5, 5.41) is 0. The molecule has 7 heteroatoms. The van der Waals surface area contributed by atoms with Gasteiger partial charge < -0.3 is 15.2 Å². The van der Waals surface area contributed by atoms with Crippen LogP contribution in [0.3, 0.4) is 0 Å². The predicted octanol–water partition coefficient (Wildman–Crippen LogP) is 1.08. The van der Waals surface area contributed by atoms with E-state index in [1.54, 1.807) is 6.07 Å². The number of nitrogens with zero attached hydrogens (tertiary/aromatic N) is 1. The highest BCUT2D eigenvalue weighted by Crippen LogP contribution is 2.28. The number of benzene rings is 1. The van der Waals surface area contributed by atoms with Gasteiger partial charge in [0.05, 0.1) is 30.4 Å². The Morgan fingerprint density at radius 3 is 2.75 bits per heavy atom. The third-order valence-electron chi connectivity index (χ3n) is 3.36. The van der Waals surface area contributed by atoms with Crippen molar-refractivity contribution < 1.29 is 17.9 Å². The second kappa shape index (κ2) is 5.59. The number of nitrogen functional groups attached to an aromatic ring is 1. The lowest BCUT2D eigenvalue weighted by atomic mass is 10.2. The van der Waals surface area contributed by atoms with Crippen molar-refractivity contribution in [1.29, 1.82) is 0 Å². The lowest BCUT2D eigenvalue weighted by Gasteiger charge is -2.35. The quantitative estimate of drug-likeness (QED) is 0.845. The Bertz CT molecular complexity index is 588. The van der Waals surface area contributed by atoms with Gasteiger partial charge in [0.25, 0.3) is 0 Å². The molecule has 2 atom stereocenters. The number of hydrogen-bond donors (Lipinski definition) is 1. The van der Waals surface area contributed by atoms with Gasteiger partial charge in [0, 0.05) is 18.7 Å². The van der Waals surface area contributed by atoms with E-state index in [0.29, 0.717) is 24.6 Å². The Balaban J connectivity index is 2.39. The molecule has 1 aliphatic heterocycles. The molecule has 112 valence electrons. The van der Waals surface area contributed by atoms with E-state index in [1.165, 1.54) is 23.5 Å². The number of hydrogen-bond acceptors (Lipinski definition) is 5. The van der Waals surface area contributed by atoms with E-state index in [2.05, 4.69) is 0 Å². The fraction of sp³-hybridized carbons (Fsp3) is 0.538. The largest absolute Gasteiger partial charge is 0.495 e. The fourth-order valence-electron chi connectivity index (χ4n) is 2.20. The van der Waals surface area contributed by atoms with Crippen LogP contribution in [0.1, 0.15) is 13.8 Å². The lowest BCUT2D eigenvalue weighted by molar-refractivity contribution is -0.0170. The zero-order valence-electron chi connectivity index (χ0n) is 11.9. The van der Waals surface area contributed by atoms with Crippen LogP contribution < -0.4 is 10.5 Å². The van der Waals surface area contributed by atoms with Crippen molar-refractivity contribution in [2.45, 2.75) is 30.9 Å². The van der Waals surface area contributed by atoms with Crippen LogP contribution in [0.15, 0.2) is 23.1 Å². The lowest BCUT2D eigenvalue weighted by Crippen LogP contribution is -2.50. The fourth-order valence-corrected chi connectivity index (χ4v) is 3.90. The summed E-state index contributed by atoms with van der Waals surface area (Å²) >= 11 is 0. The van der Waals surface area contributed by atoms with E-state index in [-0.39, 0.29) is 17.0 Å². The molecule has 2 unspecified atom stereocenters. The van der Waals surface area contributed by atoms with Gasteiger partial charge in [-0.15, -0.1) is 0 Å². The molecule has 0 spiro atoms. The minimum atomic E-state index is -3.58. The molecular weight excluding hydrogens is 280 g/mol. The number of ether oxygens (including phenoxy) is 2. The highest BCUT2D eigenvalue weighted by molar-refractivity contribution is 7.89. The zero-order chi connectivity index (χ0) is 14.9. The molecular formula is C13H20N2O4S. The summed E-state index contributed by atoms with van der Waals surface area (Å²) in [6, 6.07) is 4.30. The van der Waals surface area contributed by atoms with Gasteiger partial charge in [-0.1, -0.05) is 0 Å². The first-order valence-electron chi connectivity index (χ1n) is 6.43. The number of nitrogens with two attached hydrogens (primary N) is 1. The highest BCUT2D eigenvalue weighted by Gasteiger charge is 2.34. The SMILES string of the molecule is COc1cc(S(=O)(=O)N2CC(C)OCC2C)ccc1N. The number of methoxy groups -OCH3 is 1. The average Bonchev–Trinajstić information content (AvgIpc) is 2.41. The summed E-state index contributed by atoms with van der Waals surface area (Å²) in [7, 11) is -2.12. The minimum Gasteiger partial charge on any atom is -0.495 e. The van der Waals surface area contributed by atoms with Gasteiger partial charge in [-0.3, -0.25) is 0 Å². The monoisotopic (exact) mass is 300 g/mol. The van der Waals surface area contributed by atoms with Crippen LogP contribution in [-0.4, -0.2) is 45.1 Å². The molecule has 0 radical (unpaired) electrons. The molecule has 6 nitrogen and oxygen atoms in total. The Kier molecular flexibility index (Phi) is 4.22. The van der Waals surface area contributed by atoms with Crippen LogP contribution in [-0.2, 0) is 14.8 Å². The Morgan fingerprint density at radius 2 is 2.10 bits per heavy atom. The van der Waals surface area contributed by atoms with Crippen molar-refractivity contribution in [3.05, 3.63) is 18.2 Å². The van der Waals surface area contributed by atoms with Crippen LogP contribution in [0.5, 0.6) is 5.75 Å². The molecule has 0 aromatic heterocycles. The first-order valence-corrected chi connectivity index (χ1v) is 7.87. The summed E-state index contributed by atoms with van der Waals surface area (Å²) in [6.07, 6.45) is -0.114. The summed E-state index contributed by atoms with van der Waals surface area (Å²) < 4.78 is 37.4. The van der Waals surface area contributed by atoms with Crippen molar-refractivity contribution in [3.63, 3.8) is 0 Å². The van der Waals surface area contributed by atoms with Crippen LogP contribution in [0.4, 0.5) is 5.69 Å². The van der Waals surface area contributed by atoms with Gasteiger partial charge in [-0.05, 0) is 26.0 Å². The molecule has 0 amide bonds. The molecule has 1 heterocycles. The van der Waals surface area contributed by atoms with Crippen molar-refractivity contribution in [1.82, 2.24) is 4.31 Å². The second-order valence-electron chi connectivity index (χ2n) is 4.97. The van der Waals surface area contributed by atoms with E-state index < -0.39 is 10.0 Å². The van der Waals surface area contributed by atoms with Gasteiger partial charge in [0.2, 0.25) is 10.0 Å². The molecule has 0 bridgehead atoms. The third kappa shape index (κ3) is 2.74. The van der Waals surface area contributed by atoms with Crippen molar-refractivity contribution in [2.75, 3.05) is 26.0 Å². The highest BCUT2D eigenvalue weighted by atomic mass is 32.2. The molecule has 1 aromatic carbocycles. The van der Waals surface area contributed by atoms with E-state index >= 15 is 0 Å². The first-order chi connectivity index (χ1) is 9.36. The van der Waals surface area contributed by atoms with Crippen LogP contribution in [0.25, 0.3) is 0 Å². The third-order valence-corrected chi connectivity index (χ3v) is 5.34. The van der Waals surface area contributed by atoms with Gasteiger partial charge in [-0.25, -0.2) is 8.42 Å². The molecule has 0 saturated carbocycles. The number of morpholine rings is 1. The van der Waals surface area contributed by atoms with Crippen molar-refractivity contribution >= 4 is 15.7 Å². The van der Waals surface area contributed by atoms with E-state index in [1.807, 2.05) is 13.8 Å². The molecule has 1 saturated heterocycles. The summed E-state index contributed by atoms with van der Waals surface area (Å²) in [4.78, 5) is 0.185. The van der Waals surface area contributed by atoms with Gasteiger partial charge in [-0.2, -0.15) is 4.31 Å². The van der Waals surface area contributed by atoms with E-state index in [0.717, 1.165) is 0 Å². The summed E-state index contributed by atoms with van der Waals surface area (Å²) in [5.41, 5.74) is 6.13. The van der Waals surface area contributed by atoms with Gasteiger partial charge >= 0.3 is 0 Å². The maximum atomic E-state index is 12.7. The van der Waals surface area contributed by atoms with E-state index in [4.69, 9.17) is 15.2 Å².